The average molecular weight is 543 g/mol. The summed E-state index contributed by atoms with van der Waals surface area (Å²) in [6.45, 7) is 4.05. The van der Waals surface area contributed by atoms with Crippen LogP contribution in [0.25, 0.3) is 22.5 Å². The quantitative estimate of drug-likeness (QED) is 0.161. The van der Waals surface area contributed by atoms with Crippen LogP contribution in [0.2, 0.25) is 0 Å². The van der Waals surface area contributed by atoms with E-state index in [1.54, 1.807) is 26.5 Å². The van der Waals surface area contributed by atoms with Gasteiger partial charge in [0.25, 0.3) is 0 Å². The monoisotopic (exact) mass is 542 g/mol. The number of benzene rings is 3. The number of hydrogen-bond acceptors (Lipinski definition) is 6. The Hall–Kier alpha value is -4.28. The molecule has 0 bridgehead atoms. The number of ether oxygens (including phenoxy) is 3. The van der Waals surface area contributed by atoms with Crippen LogP contribution < -0.4 is 14.2 Å². The molecule has 0 aliphatic heterocycles. The Morgan fingerprint density at radius 2 is 1.61 bits per heavy atom. The highest BCUT2D eigenvalue weighted by atomic mass is 79.9. The lowest BCUT2D eigenvalue weighted by Crippen LogP contribution is -1.96. The summed E-state index contributed by atoms with van der Waals surface area (Å²) >= 11 is 3.49. The highest BCUT2D eigenvalue weighted by molar-refractivity contribution is 9.10. The number of aliphatic imine (C=N–C) groups is 1. The summed E-state index contributed by atoms with van der Waals surface area (Å²) in [5, 5.41) is 10.1. The first-order chi connectivity index (χ1) is 17.6. The molecule has 0 saturated carbocycles. The van der Waals surface area contributed by atoms with Gasteiger partial charge in [-0.05, 0) is 60.2 Å². The molecule has 0 aliphatic carbocycles. The smallest absolute Gasteiger partial charge is 0.238 e. The van der Waals surface area contributed by atoms with Crippen molar-refractivity contribution in [2.75, 3.05) is 20.8 Å². The molecule has 0 saturated heterocycles. The molecule has 0 radical (unpaired) electrons. The van der Waals surface area contributed by atoms with Crippen molar-refractivity contribution in [2.24, 2.45) is 4.99 Å². The molecular weight excluding hydrogens is 520 g/mol. The Bertz CT molecular complexity index is 1430. The van der Waals surface area contributed by atoms with Gasteiger partial charge in [0.15, 0.2) is 0 Å². The summed E-state index contributed by atoms with van der Waals surface area (Å²) in [7, 11) is 3.22. The van der Waals surface area contributed by atoms with E-state index in [0.29, 0.717) is 35.0 Å². The van der Waals surface area contributed by atoms with E-state index in [0.717, 1.165) is 26.9 Å². The molecule has 0 N–H and O–H groups in total. The van der Waals surface area contributed by atoms with Gasteiger partial charge in [0.05, 0.1) is 14.2 Å². The Morgan fingerprint density at radius 3 is 2.19 bits per heavy atom. The number of halogens is 1. The second kappa shape index (κ2) is 11.4. The summed E-state index contributed by atoms with van der Waals surface area (Å²) in [4.78, 5) is 4.57. The predicted octanol–water partition coefficient (Wildman–Crippen LogP) is 7.58. The van der Waals surface area contributed by atoms with E-state index in [4.69, 9.17) is 18.6 Å². The molecule has 0 spiro atoms. The number of nitriles is 1. The number of nitrogens with zero attached hydrogens (tertiary/aromatic N) is 2. The summed E-state index contributed by atoms with van der Waals surface area (Å²) in [6, 6.07) is 22.8. The van der Waals surface area contributed by atoms with Crippen molar-refractivity contribution >= 4 is 28.0 Å². The molecule has 4 aromatic rings. The fourth-order valence-electron chi connectivity index (χ4n) is 3.62. The Labute approximate surface area is 218 Å². The van der Waals surface area contributed by atoms with Crippen molar-refractivity contribution in [1.82, 2.24) is 0 Å². The number of furan rings is 1. The van der Waals surface area contributed by atoms with Gasteiger partial charge in [0.1, 0.15) is 41.2 Å². The van der Waals surface area contributed by atoms with Crippen molar-refractivity contribution in [3.05, 3.63) is 95.0 Å². The summed E-state index contributed by atoms with van der Waals surface area (Å²) in [6.07, 6.45) is 3.30. The summed E-state index contributed by atoms with van der Waals surface area (Å²) in [5.74, 6) is 2.80. The highest BCUT2D eigenvalue weighted by Crippen LogP contribution is 2.43. The molecule has 6 nitrogen and oxygen atoms in total. The predicted molar refractivity (Wildman–Crippen MR) is 144 cm³/mol. The molecule has 1 aromatic heterocycles. The Balaban J connectivity index is 1.85. The van der Waals surface area contributed by atoms with Crippen LogP contribution in [0, 0.1) is 11.3 Å². The Morgan fingerprint density at radius 1 is 0.972 bits per heavy atom. The van der Waals surface area contributed by atoms with Crippen LogP contribution in [-0.2, 0) is 0 Å². The van der Waals surface area contributed by atoms with E-state index in [1.165, 1.54) is 0 Å². The van der Waals surface area contributed by atoms with E-state index in [2.05, 4.69) is 33.6 Å². The standard InChI is InChI=1S/C29H23BrN2O4/c1-4-15-35-26-14-9-22(30)16-21(26)18-32-29-25(17-31)27(19-5-10-23(33-2)11-6-19)28(36-29)20-7-12-24(34-3)13-8-20/h4-14,16,18H,1,15H2,2-3H3. The SMILES string of the molecule is C=CCOc1ccc(Br)cc1C=Nc1oc(-c2ccc(OC)cc2)c(-c2ccc(OC)cc2)c1C#N. The van der Waals surface area contributed by atoms with Crippen molar-refractivity contribution in [2.45, 2.75) is 0 Å². The minimum Gasteiger partial charge on any atom is -0.497 e. The lowest BCUT2D eigenvalue weighted by atomic mass is 9.98. The van der Waals surface area contributed by atoms with Gasteiger partial charge in [-0.3, -0.25) is 0 Å². The van der Waals surface area contributed by atoms with Crippen LogP contribution in [0.3, 0.4) is 0 Å². The molecule has 0 unspecified atom stereocenters. The van der Waals surface area contributed by atoms with Crippen LogP contribution in [0.4, 0.5) is 5.88 Å². The largest absolute Gasteiger partial charge is 0.497 e. The fourth-order valence-corrected chi connectivity index (χ4v) is 4.00. The van der Waals surface area contributed by atoms with E-state index >= 15 is 0 Å². The van der Waals surface area contributed by atoms with Gasteiger partial charge in [-0.25, -0.2) is 4.99 Å². The van der Waals surface area contributed by atoms with Crippen LogP contribution in [0.15, 0.2) is 93.3 Å². The van der Waals surface area contributed by atoms with Gasteiger partial charge in [0.2, 0.25) is 5.88 Å². The van der Waals surface area contributed by atoms with Crippen LogP contribution >= 0.6 is 15.9 Å². The minimum atomic E-state index is 0.198. The lowest BCUT2D eigenvalue weighted by molar-refractivity contribution is 0.362. The fraction of sp³-hybridized carbons (Fsp3) is 0.103. The molecule has 180 valence electrons. The average Bonchev–Trinajstić information content (AvgIpc) is 3.29. The van der Waals surface area contributed by atoms with Crippen molar-refractivity contribution in [3.8, 4) is 45.8 Å². The third-order valence-electron chi connectivity index (χ3n) is 5.38. The van der Waals surface area contributed by atoms with Gasteiger partial charge in [-0.1, -0.05) is 40.7 Å². The molecule has 0 aliphatic rings. The molecule has 3 aromatic carbocycles. The number of methoxy groups -OCH3 is 2. The second-order valence-electron chi connectivity index (χ2n) is 7.60. The molecular formula is C29H23BrN2O4. The molecule has 0 atom stereocenters. The van der Waals surface area contributed by atoms with Crippen LogP contribution in [0.5, 0.6) is 17.2 Å². The molecule has 1 heterocycles. The molecule has 7 heteroatoms. The molecule has 0 fully saturated rings. The van der Waals surface area contributed by atoms with Crippen molar-refractivity contribution in [3.63, 3.8) is 0 Å². The van der Waals surface area contributed by atoms with Gasteiger partial charge in [-0.15, -0.1) is 0 Å². The normalized spacial score (nSPS) is 10.7. The number of hydrogen-bond donors (Lipinski definition) is 0. The van der Waals surface area contributed by atoms with Crippen LogP contribution in [0.1, 0.15) is 11.1 Å². The van der Waals surface area contributed by atoms with Crippen LogP contribution in [-0.4, -0.2) is 27.0 Å². The second-order valence-corrected chi connectivity index (χ2v) is 8.51. The van der Waals surface area contributed by atoms with E-state index in [9.17, 15) is 5.26 Å². The molecule has 4 rings (SSSR count). The van der Waals surface area contributed by atoms with E-state index in [1.807, 2.05) is 66.7 Å². The maximum atomic E-state index is 10.1. The Kier molecular flexibility index (Phi) is 7.89. The van der Waals surface area contributed by atoms with E-state index < -0.39 is 0 Å². The van der Waals surface area contributed by atoms with Gasteiger partial charge < -0.3 is 18.6 Å². The zero-order valence-electron chi connectivity index (χ0n) is 19.8. The van der Waals surface area contributed by atoms with Crippen molar-refractivity contribution in [1.29, 1.82) is 5.26 Å². The summed E-state index contributed by atoms with van der Waals surface area (Å²) < 4.78 is 23.4. The maximum Gasteiger partial charge on any atom is 0.238 e. The first-order valence-electron chi connectivity index (χ1n) is 11.0. The first kappa shape index (κ1) is 24.8. The molecule has 0 amide bonds. The third kappa shape index (κ3) is 5.35. The third-order valence-corrected chi connectivity index (χ3v) is 5.88. The lowest BCUT2D eigenvalue weighted by Gasteiger charge is -2.07. The van der Waals surface area contributed by atoms with E-state index in [-0.39, 0.29) is 5.88 Å². The minimum absolute atomic E-state index is 0.198. The van der Waals surface area contributed by atoms with Gasteiger partial charge >= 0.3 is 0 Å². The number of rotatable bonds is 9. The topological polar surface area (TPSA) is 77.0 Å². The maximum absolute atomic E-state index is 10.1. The molecule has 36 heavy (non-hydrogen) atoms. The zero-order chi connectivity index (χ0) is 25.5. The first-order valence-corrected chi connectivity index (χ1v) is 11.8. The van der Waals surface area contributed by atoms with Gasteiger partial charge in [-0.2, -0.15) is 5.26 Å². The van der Waals surface area contributed by atoms with Gasteiger partial charge in [0, 0.05) is 27.4 Å². The van der Waals surface area contributed by atoms with Crippen molar-refractivity contribution < 1.29 is 18.6 Å². The zero-order valence-corrected chi connectivity index (χ0v) is 21.4. The summed E-state index contributed by atoms with van der Waals surface area (Å²) in [5.41, 5.74) is 3.29. The highest BCUT2D eigenvalue weighted by Gasteiger charge is 2.23.